The summed E-state index contributed by atoms with van der Waals surface area (Å²) in [6, 6.07) is 13.5. The lowest BCUT2D eigenvalue weighted by atomic mass is 10.1. The standard InChI is InChI=1S/C22H20FN3O2/c1-15(4-10-19-3-2-12-28-19)24-22(27)17-7-11-21-25-20(14-26(21)13-17)16-5-8-18(23)9-6-16/h2-3,5-9,11-15H,4,10H2,1H3,(H,24,27)/t15-/m1/s1. The number of aromatic nitrogens is 2. The van der Waals surface area contributed by atoms with Crippen molar-refractivity contribution >= 4 is 11.6 Å². The van der Waals surface area contributed by atoms with Crippen molar-refractivity contribution in [2.24, 2.45) is 0 Å². The van der Waals surface area contributed by atoms with E-state index in [0.717, 1.165) is 35.5 Å². The van der Waals surface area contributed by atoms with E-state index >= 15 is 0 Å². The Bertz CT molecular complexity index is 1080. The number of benzene rings is 1. The maximum absolute atomic E-state index is 13.1. The fourth-order valence-corrected chi connectivity index (χ4v) is 3.08. The first kappa shape index (κ1) is 18.0. The number of rotatable bonds is 6. The molecule has 0 aliphatic carbocycles. The summed E-state index contributed by atoms with van der Waals surface area (Å²) in [4.78, 5) is 17.1. The number of aryl methyl sites for hydroxylation is 1. The Morgan fingerprint density at radius 1 is 1.18 bits per heavy atom. The van der Waals surface area contributed by atoms with Gasteiger partial charge in [0.05, 0.1) is 17.5 Å². The number of carbonyl (C=O) groups excluding carboxylic acids is 1. The van der Waals surface area contributed by atoms with Gasteiger partial charge in [-0.2, -0.15) is 0 Å². The van der Waals surface area contributed by atoms with Gasteiger partial charge >= 0.3 is 0 Å². The van der Waals surface area contributed by atoms with E-state index in [9.17, 15) is 9.18 Å². The molecule has 28 heavy (non-hydrogen) atoms. The average molecular weight is 377 g/mol. The van der Waals surface area contributed by atoms with Crippen LogP contribution in [0.25, 0.3) is 16.9 Å². The van der Waals surface area contributed by atoms with E-state index in [1.54, 1.807) is 41.1 Å². The topological polar surface area (TPSA) is 59.5 Å². The zero-order chi connectivity index (χ0) is 19.5. The molecule has 0 saturated carbocycles. The van der Waals surface area contributed by atoms with Crippen LogP contribution in [0.5, 0.6) is 0 Å². The predicted molar refractivity (Wildman–Crippen MR) is 105 cm³/mol. The number of hydrogen-bond acceptors (Lipinski definition) is 3. The molecule has 0 spiro atoms. The minimum Gasteiger partial charge on any atom is -0.469 e. The molecular formula is C22H20FN3O2. The number of nitrogens with zero attached hydrogens (tertiary/aromatic N) is 2. The summed E-state index contributed by atoms with van der Waals surface area (Å²) >= 11 is 0. The van der Waals surface area contributed by atoms with Gasteiger partial charge in [0.15, 0.2) is 0 Å². The summed E-state index contributed by atoms with van der Waals surface area (Å²) in [7, 11) is 0. The molecular weight excluding hydrogens is 357 g/mol. The van der Waals surface area contributed by atoms with E-state index in [2.05, 4.69) is 10.3 Å². The third kappa shape index (κ3) is 3.96. The highest BCUT2D eigenvalue weighted by Gasteiger charge is 2.12. The average Bonchev–Trinajstić information content (AvgIpc) is 3.36. The number of halogens is 1. The zero-order valence-electron chi connectivity index (χ0n) is 15.4. The van der Waals surface area contributed by atoms with Crippen molar-refractivity contribution in [1.82, 2.24) is 14.7 Å². The van der Waals surface area contributed by atoms with Crippen LogP contribution in [-0.2, 0) is 6.42 Å². The molecule has 3 heterocycles. The molecule has 0 bridgehead atoms. The van der Waals surface area contributed by atoms with Crippen LogP contribution in [0.2, 0.25) is 0 Å². The molecule has 3 aromatic heterocycles. The summed E-state index contributed by atoms with van der Waals surface area (Å²) in [5, 5.41) is 3.01. The molecule has 0 aliphatic rings. The molecule has 5 nitrogen and oxygen atoms in total. The van der Waals surface area contributed by atoms with Gasteiger partial charge < -0.3 is 14.1 Å². The second kappa shape index (κ2) is 7.68. The smallest absolute Gasteiger partial charge is 0.252 e. The first-order valence-electron chi connectivity index (χ1n) is 9.16. The molecule has 0 fully saturated rings. The molecule has 0 unspecified atom stereocenters. The van der Waals surface area contributed by atoms with Crippen LogP contribution in [0.1, 0.15) is 29.5 Å². The molecule has 4 aromatic rings. The number of imidazole rings is 1. The number of carbonyl (C=O) groups is 1. The molecule has 0 radical (unpaired) electrons. The van der Waals surface area contributed by atoms with Crippen LogP contribution in [0.4, 0.5) is 4.39 Å². The lowest BCUT2D eigenvalue weighted by Gasteiger charge is -2.13. The van der Waals surface area contributed by atoms with Crippen LogP contribution in [-0.4, -0.2) is 21.3 Å². The Hall–Kier alpha value is -3.41. The first-order chi connectivity index (χ1) is 13.6. The van der Waals surface area contributed by atoms with Gasteiger partial charge in [-0.25, -0.2) is 9.37 Å². The highest BCUT2D eigenvalue weighted by atomic mass is 19.1. The van der Waals surface area contributed by atoms with E-state index in [1.165, 1.54) is 12.1 Å². The minimum absolute atomic E-state index is 0.0193. The largest absolute Gasteiger partial charge is 0.469 e. The Kier molecular flexibility index (Phi) is 4.93. The fourth-order valence-electron chi connectivity index (χ4n) is 3.08. The second-order valence-corrected chi connectivity index (χ2v) is 6.81. The second-order valence-electron chi connectivity index (χ2n) is 6.81. The third-order valence-corrected chi connectivity index (χ3v) is 4.63. The third-order valence-electron chi connectivity index (χ3n) is 4.63. The Balaban J connectivity index is 1.46. The maximum Gasteiger partial charge on any atom is 0.252 e. The van der Waals surface area contributed by atoms with Crippen LogP contribution in [0, 0.1) is 5.82 Å². The summed E-state index contributed by atoms with van der Waals surface area (Å²) in [6.07, 6.45) is 6.81. The highest BCUT2D eigenvalue weighted by molar-refractivity contribution is 5.94. The molecule has 1 amide bonds. The van der Waals surface area contributed by atoms with Gasteiger partial charge in [-0.3, -0.25) is 4.79 Å². The lowest BCUT2D eigenvalue weighted by molar-refractivity contribution is 0.0937. The van der Waals surface area contributed by atoms with Crippen molar-refractivity contribution in [2.75, 3.05) is 0 Å². The lowest BCUT2D eigenvalue weighted by Crippen LogP contribution is -2.33. The van der Waals surface area contributed by atoms with Gasteiger partial charge in [-0.15, -0.1) is 0 Å². The van der Waals surface area contributed by atoms with Crippen molar-refractivity contribution in [3.8, 4) is 11.3 Å². The summed E-state index contributed by atoms with van der Waals surface area (Å²) in [5.74, 6) is 0.493. The number of fused-ring (bicyclic) bond motifs is 1. The number of nitrogens with one attached hydrogen (secondary N) is 1. The zero-order valence-corrected chi connectivity index (χ0v) is 15.4. The van der Waals surface area contributed by atoms with Gasteiger partial charge in [0, 0.05) is 30.4 Å². The molecule has 0 aliphatic heterocycles. The number of hydrogen-bond donors (Lipinski definition) is 1. The molecule has 142 valence electrons. The molecule has 1 aromatic carbocycles. The Morgan fingerprint density at radius 2 is 2.00 bits per heavy atom. The molecule has 6 heteroatoms. The highest BCUT2D eigenvalue weighted by Crippen LogP contribution is 2.20. The van der Waals surface area contributed by atoms with Crippen LogP contribution < -0.4 is 5.32 Å². The first-order valence-corrected chi connectivity index (χ1v) is 9.16. The van der Waals surface area contributed by atoms with Crippen molar-refractivity contribution < 1.29 is 13.6 Å². The van der Waals surface area contributed by atoms with E-state index in [0.29, 0.717) is 5.56 Å². The molecule has 1 atom stereocenters. The normalized spacial score (nSPS) is 12.2. The monoisotopic (exact) mass is 377 g/mol. The quantitative estimate of drug-likeness (QED) is 0.539. The number of amides is 1. The number of pyridine rings is 1. The SMILES string of the molecule is C[C@H](CCc1ccco1)NC(=O)c1ccc2nc(-c3ccc(F)cc3)cn2c1. The molecule has 4 rings (SSSR count). The van der Waals surface area contributed by atoms with Gasteiger partial charge in [-0.05, 0) is 61.9 Å². The predicted octanol–water partition coefficient (Wildman–Crippen LogP) is 4.48. The van der Waals surface area contributed by atoms with Crippen molar-refractivity contribution in [3.63, 3.8) is 0 Å². The van der Waals surface area contributed by atoms with Crippen molar-refractivity contribution in [1.29, 1.82) is 0 Å². The Morgan fingerprint density at radius 3 is 2.75 bits per heavy atom. The van der Waals surface area contributed by atoms with Crippen LogP contribution >= 0.6 is 0 Å². The maximum atomic E-state index is 13.1. The van der Waals surface area contributed by atoms with Gasteiger partial charge in [0.25, 0.3) is 5.91 Å². The fraction of sp³-hybridized carbons (Fsp3) is 0.182. The van der Waals surface area contributed by atoms with Crippen LogP contribution in [0.15, 0.2) is 71.6 Å². The van der Waals surface area contributed by atoms with E-state index in [-0.39, 0.29) is 17.8 Å². The Labute approximate surface area is 161 Å². The molecule has 1 N–H and O–H groups in total. The van der Waals surface area contributed by atoms with E-state index < -0.39 is 0 Å². The van der Waals surface area contributed by atoms with Crippen LogP contribution in [0.3, 0.4) is 0 Å². The summed E-state index contributed by atoms with van der Waals surface area (Å²) < 4.78 is 20.2. The van der Waals surface area contributed by atoms with Crippen molar-refractivity contribution in [2.45, 2.75) is 25.8 Å². The summed E-state index contributed by atoms with van der Waals surface area (Å²) in [5.41, 5.74) is 2.83. The summed E-state index contributed by atoms with van der Waals surface area (Å²) in [6.45, 7) is 1.98. The van der Waals surface area contributed by atoms with Gasteiger partial charge in [0.1, 0.15) is 17.2 Å². The van der Waals surface area contributed by atoms with Gasteiger partial charge in [-0.1, -0.05) is 0 Å². The van der Waals surface area contributed by atoms with E-state index in [1.807, 2.05) is 25.3 Å². The minimum atomic E-state index is -0.285. The van der Waals surface area contributed by atoms with Gasteiger partial charge in [0.2, 0.25) is 0 Å². The van der Waals surface area contributed by atoms with E-state index in [4.69, 9.17) is 4.42 Å². The van der Waals surface area contributed by atoms with Crippen molar-refractivity contribution in [3.05, 3.63) is 84.3 Å². The molecule has 0 saturated heterocycles. The number of furan rings is 1.